The van der Waals surface area contributed by atoms with Crippen molar-refractivity contribution in [2.75, 3.05) is 6.54 Å². The second-order valence-corrected chi connectivity index (χ2v) is 4.19. The van der Waals surface area contributed by atoms with Crippen molar-refractivity contribution in [1.29, 1.82) is 0 Å². The summed E-state index contributed by atoms with van der Waals surface area (Å²) in [6.45, 7) is 3.51. The van der Waals surface area contributed by atoms with Crippen LogP contribution in [0.4, 0.5) is 0 Å². The van der Waals surface area contributed by atoms with Gasteiger partial charge in [0.1, 0.15) is 0 Å². The number of thiophene rings is 1. The van der Waals surface area contributed by atoms with Gasteiger partial charge in [0.05, 0.1) is 0 Å². The lowest BCUT2D eigenvalue weighted by Crippen LogP contribution is -2.14. The van der Waals surface area contributed by atoms with Crippen LogP contribution in [0.2, 0.25) is 0 Å². The predicted molar refractivity (Wildman–Crippen MR) is 48.8 cm³/mol. The Labute approximate surface area is 71.4 Å². The summed E-state index contributed by atoms with van der Waals surface area (Å²) in [7, 11) is 0. The number of rotatable bonds is 1. The minimum atomic E-state index is 0.634. The number of hydrogen-bond acceptors (Lipinski definition) is 2. The van der Waals surface area contributed by atoms with Gasteiger partial charge in [-0.2, -0.15) is 0 Å². The van der Waals surface area contributed by atoms with E-state index in [0.29, 0.717) is 6.04 Å². The molecule has 1 aromatic rings. The van der Waals surface area contributed by atoms with Crippen LogP contribution >= 0.6 is 11.3 Å². The molecule has 0 amide bonds. The topological polar surface area (TPSA) is 12.0 Å². The van der Waals surface area contributed by atoms with Crippen LogP contribution in [0.15, 0.2) is 17.5 Å². The van der Waals surface area contributed by atoms with E-state index in [1.807, 2.05) is 11.3 Å². The molecule has 0 saturated carbocycles. The lowest BCUT2D eigenvalue weighted by Gasteiger charge is -2.12. The zero-order valence-corrected chi connectivity index (χ0v) is 7.53. The van der Waals surface area contributed by atoms with Gasteiger partial charge in [0.25, 0.3) is 0 Å². The monoisotopic (exact) mass is 167 g/mol. The molecule has 2 heterocycles. The summed E-state index contributed by atoms with van der Waals surface area (Å²) in [6, 6.07) is 4.99. The Hall–Kier alpha value is -0.340. The Kier molecular flexibility index (Phi) is 1.96. The predicted octanol–water partition coefficient (Wildman–Crippen LogP) is 2.42. The molecular weight excluding hydrogens is 154 g/mol. The largest absolute Gasteiger partial charge is 0.309 e. The zero-order chi connectivity index (χ0) is 7.68. The van der Waals surface area contributed by atoms with E-state index in [9.17, 15) is 0 Å². The molecule has 1 N–H and O–H groups in total. The summed E-state index contributed by atoms with van der Waals surface area (Å²) < 4.78 is 0. The van der Waals surface area contributed by atoms with E-state index in [1.165, 1.54) is 17.8 Å². The normalized spacial score (nSPS) is 31.0. The van der Waals surface area contributed by atoms with Crippen molar-refractivity contribution in [2.24, 2.45) is 5.92 Å². The van der Waals surface area contributed by atoms with Gasteiger partial charge in [-0.15, -0.1) is 11.3 Å². The fraction of sp³-hybridized carbons (Fsp3) is 0.556. The van der Waals surface area contributed by atoms with Crippen molar-refractivity contribution >= 4 is 11.3 Å². The maximum Gasteiger partial charge on any atom is 0.0441 e. The first kappa shape index (κ1) is 7.32. The SMILES string of the molecule is C[C@@H]1CCN[C@H]1c1cccs1. The second kappa shape index (κ2) is 2.95. The summed E-state index contributed by atoms with van der Waals surface area (Å²) in [4.78, 5) is 1.50. The maximum atomic E-state index is 3.52. The van der Waals surface area contributed by atoms with Gasteiger partial charge in [-0.05, 0) is 30.3 Å². The van der Waals surface area contributed by atoms with E-state index < -0.39 is 0 Å². The van der Waals surface area contributed by atoms with E-state index >= 15 is 0 Å². The molecule has 1 aromatic heterocycles. The summed E-state index contributed by atoms with van der Waals surface area (Å²) in [5.74, 6) is 0.814. The summed E-state index contributed by atoms with van der Waals surface area (Å²) in [5, 5.41) is 5.67. The molecule has 1 aliphatic heterocycles. The molecule has 1 aliphatic rings. The Morgan fingerprint density at radius 3 is 3.09 bits per heavy atom. The van der Waals surface area contributed by atoms with Crippen LogP contribution in [-0.4, -0.2) is 6.54 Å². The fourth-order valence-electron chi connectivity index (χ4n) is 1.68. The van der Waals surface area contributed by atoms with Gasteiger partial charge in [0, 0.05) is 10.9 Å². The average Bonchev–Trinajstić information content (AvgIpc) is 2.55. The Morgan fingerprint density at radius 2 is 2.55 bits per heavy atom. The molecule has 2 atom stereocenters. The van der Waals surface area contributed by atoms with Crippen LogP contribution in [0.25, 0.3) is 0 Å². The Bertz CT molecular complexity index is 217. The fourth-order valence-corrected chi connectivity index (χ4v) is 2.62. The Morgan fingerprint density at radius 1 is 1.64 bits per heavy atom. The molecule has 0 radical (unpaired) electrons. The highest BCUT2D eigenvalue weighted by Crippen LogP contribution is 2.31. The van der Waals surface area contributed by atoms with Gasteiger partial charge in [-0.25, -0.2) is 0 Å². The molecular formula is C9H13NS. The molecule has 1 fully saturated rings. The highest BCUT2D eigenvalue weighted by atomic mass is 32.1. The molecule has 2 rings (SSSR count). The van der Waals surface area contributed by atoms with Gasteiger partial charge < -0.3 is 5.32 Å². The van der Waals surface area contributed by atoms with E-state index in [-0.39, 0.29) is 0 Å². The van der Waals surface area contributed by atoms with Crippen LogP contribution in [-0.2, 0) is 0 Å². The first-order valence-electron chi connectivity index (χ1n) is 4.15. The van der Waals surface area contributed by atoms with Crippen LogP contribution in [0.3, 0.4) is 0 Å². The standard InChI is InChI=1S/C9H13NS/c1-7-4-5-10-9(7)8-3-2-6-11-8/h2-3,6-7,9-10H,4-5H2,1H3/t7-,9-/m1/s1. The third kappa shape index (κ3) is 1.33. The van der Waals surface area contributed by atoms with Crippen molar-refractivity contribution in [1.82, 2.24) is 5.32 Å². The van der Waals surface area contributed by atoms with Crippen molar-refractivity contribution in [3.63, 3.8) is 0 Å². The van der Waals surface area contributed by atoms with E-state index in [0.717, 1.165) is 5.92 Å². The van der Waals surface area contributed by atoms with Gasteiger partial charge in [-0.3, -0.25) is 0 Å². The van der Waals surface area contributed by atoms with Crippen LogP contribution in [0.5, 0.6) is 0 Å². The van der Waals surface area contributed by atoms with Gasteiger partial charge in [-0.1, -0.05) is 13.0 Å². The minimum absolute atomic E-state index is 0.634. The molecule has 60 valence electrons. The molecule has 0 aliphatic carbocycles. The van der Waals surface area contributed by atoms with Gasteiger partial charge in [0.2, 0.25) is 0 Å². The first-order valence-corrected chi connectivity index (χ1v) is 5.02. The smallest absolute Gasteiger partial charge is 0.0441 e. The summed E-state index contributed by atoms with van der Waals surface area (Å²) in [6.07, 6.45) is 1.32. The van der Waals surface area contributed by atoms with Crippen molar-refractivity contribution in [2.45, 2.75) is 19.4 Å². The number of nitrogens with one attached hydrogen (secondary N) is 1. The lowest BCUT2D eigenvalue weighted by atomic mass is 10.0. The van der Waals surface area contributed by atoms with E-state index in [2.05, 4.69) is 29.8 Å². The summed E-state index contributed by atoms with van der Waals surface area (Å²) in [5.41, 5.74) is 0. The molecule has 0 aromatic carbocycles. The van der Waals surface area contributed by atoms with Gasteiger partial charge >= 0.3 is 0 Å². The van der Waals surface area contributed by atoms with E-state index in [1.54, 1.807) is 0 Å². The summed E-state index contributed by atoms with van der Waals surface area (Å²) >= 11 is 1.86. The quantitative estimate of drug-likeness (QED) is 0.677. The first-order chi connectivity index (χ1) is 5.38. The lowest BCUT2D eigenvalue weighted by molar-refractivity contribution is 0.511. The van der Waals surface area contributed by atoms with Gasteiger partial charge in [0.15, 0.2) is 0 Å². The van der Waals surface area contributed by atoms with Crippen LogP contribution < -0.4 is 5.32 Å². The van der Waals surface area contributed by atoms with E-state index in [4.69, 9.17) is 0 Å². The second-order valence-electron chi connectivity index (χ2n) is 3.21. The molecule has 2 heteroatoms. The molecule has 1 saturated heterocycles. The highest BCUT2D eigenvalue weighted by molar-refractivity contribution is 7.10. The number of hydrogen-bond donors (Lipinski definition) is 1. The minimum Gasteiger partial charge on any atom is -0.309 e. The molecule has 0 unspecified atom stereocenters. The third-order valence-electron chi connectivity index (χ3n) is 2.38. The third-order valence-corrected chi connectivity index (χ3v) is 3.34. The average molecular weight is 167 g/mol. The van der Waals surface area contributed by atoms with Crippen LogP contribution in [0, 0.1) is 5.92 Å². The molecule has 0 bridgehead atoms. The molecule has 0 spiro atoms. The van der Waals surface area contributed by atoms with Crippen molar-refractivity contribution < 1.29 is 0 Å². The highest BCUT2D eigenvalue weighted by Gasteiger charge is 2.24. The van der Waals surface area contributed by atoms with Crippen LogP contribution in [0.1, 0.15) is 24.3 Å². The van der Waals surface area contributed by atoms with Crippen molar-refractivity contribution in [3.05, 3.63) is 22.4 Å². The maximum absolute atomic E-state index is 3.52. The molecule has 11 heavy (non-hydrogen) atoms. The van der Waals surface area contributed by atoms with Crippen molar-refractivity contribution in [3.8, 4) is 0 Å². The Balaban J connectivity index is 2.16. The zero-order valence-electron chi connectivity index (χ0n) is 6.71. The molecule has 1 nitrogen and oxygen atoms in total.